The molecule has 166 valence electrons. The number of benzene rings is 1. The molecule has 0 aliphatic rings. The van der Waals surface area contributed by atoms with Crippen molar-refractivity contribution in [3.05, 3.63) is 63.6 Å². The lowest BCUT2D eigenvalue weighted by Crippen LogP contribution is -2.28. The van der Waals surface area contributed by atoms with Crippen molar-refractivity contribution in [2.24, 2.45) is 0 Å². The van der Waals surface area contributed by atoms with Crippen LogP contribution in [-0.4, -0.2) is 36.5 Å². The van der Waals surface area contributed by atoms with Crippen molar-refractivity contribution < 1.29 is 19.0 Å². The van der Waals surface area contributed by atoms with E-state index < -0.39 is 6.10 Å². The van der Waals surface area contributed by atoms with Gasteiger partial charge < -0.3 is 18.8 Å². The Morgan fingerprint density at radius 2 is 1.84 bits per heavy atom. The maximum Gasteiger partial charge on any atom is 0.335 e. The van der Waals surface area contributed by atoms with E-state index in [-0.39, 0.29) is 5.97 Å². The molecule has 3 rings (SSSR count). The molecule has 5 nitrogen and oxygen atoms in total. The van der Waals surface area contributed by atoms with Gasteiger partial charge in [-0.2, -0.15) is 0 Å². The summed E-state index contributed by atoms with van der Waals surface area (Å²) >= 11 is 5.26. The van der Waals surface area contributed by atoms with Crippen LogP contribution in [0.3, 0.4) is 0 Å². The van der Waals surface area contributed by atoms with Crippen LogP contribution in [0.25, 0.3) is 10.6 Å². The Morgan fingerprint density at radius 1 is 1.06 bits per heavy atom. The molecule has 0 saturated carbocycles. The van der Waals surface area contributed by atoms with Crippen LogP contribution in [0.2, 0.25) is 0 Å². The van der Waals surface area contributed by atoms with Gasteiger partial charge in [-0.15, -0.1) is 11.3 Å². The van der Waals surface area contributed by atoms with Crippen molar-refractivity contribution in [3.63, 3.8) is 0 Å². The van der Waals surface area contributed by atoms with E-state index >= 15 is 0 Å². The van der Waals surface area contributed by atoms with Gasteiger partial charge in [0.25, 0.3) is 0 Å². The minimum absolute atomic E-state index is 0.319. The van der Waals surface area contributed by atoms with E-state index in [2.05, 4.69) is 51.7 Å². The zero-order valence-corrected chi connectivity index (χ0v) is 20.5. The quantitative estimate of drug-likeness (QED) is 0.305. The molecule has 0 fully saturated rings. The number of aryl methyl sites for hydroxylation is 1. The third-order valence-corrected chi connectivity index (χ3v) is 6.52. The minimum Gasteiger partial charge on any atom is -0.492 e. The Kier molecular flexibility index (Phi) is 8.75. The van der Waals surface area contributed by atoms with E-state index in [9.17, 15) is 4.79 Å². The third kappa shape index (κ3) is 6.45. The molecule has 0 radical (unpaired) electrons. The first-order chi connectivity index (χ1) is 15.0. The lowest BCUT2D eigenvalue weighted by molar-refractivity contribution is -0.156. The first-order valence-electron chi connectivity index (χ1n) is 10.4. The van der Waals surface area contributed by atoms with Gasteiger partial charge in [0.2, 0.25) is 0 Å². The Labute approximate surface area is 196 Å². The maximum atomic E-state index is 12.0. The van der Waals surface area contributed by atoms with Crippen LogP contribution >= 0.6 is 27.3 Å². The normalized spacial score (nSPS) is 12.0. The highest BCUT2D eigenvalue weighted by atomic mass is 79.9. The van der Waals surface area contributed by atoms with Gasteiger partial charge in [0, 0.05) is 18.7 Å². The molecule has 1 unspecified atom stereocenters. The number of hydrogen-bond donors (Lipinski definition) is 0. The van der Waals surface area contributed by atoms with Gasteiger partial charge in [0.15, 0.2) is 6.10 Å². The summed E-state index contributed by atoms with van der Waals surface area (Å²) in [6.45, 7) is 7.93. The lowest BCUT2D eigenvalue weighted by atomic mass is 10.1. The summed E-state index contributed by atoms with van der Waals surface area (Å²) < 4.78 is 20.0. The fourth-order valence-electron chi connectivity index (χ4n) is 3.37. The second-order valence-electron chi connectivity index (χ2n) is 7.01. The molecule has 7 heteroatoms. The predicted molar refractivity (Wildman–Crippen MR) is 128 cm³/mol. The summed E-state index contributed by atoms with van der Waals surface area (Å²) in [7, 11) is 0. The molecule has 0 saturated heterocycles. The standard InChI is InChI=1S/C24H28BrNO4S/c1-4-28-21(24(27)29-5-2)16-18-7-9-19(10-8-18)30-15-14-26-17(3)6-11-20(26)22-12-13-23(25)31-22/h6-13,21H,4-5,14-16H2,1-3H3. The van der Waals surface area contributed by atoms with Crippen molar-refractivity contribution >= 4 is 33.2 Å². The summed E-state index contributed by atoms with van der Waals surface area (Å²) in [5.41, 5.74) is 3.41. The van der Waals surface area contributed by atoms with Crippen molar-refractivity contribution in [2.75, 3.05) is 19.8 Å². The van der Waals surface area contributed by atoms with E-state index in [0.29, 0.717) is 26.2 Å². The number of carbonyl (C=O) groups excluding carboxylic acids is 1. The largest absolute Gasteiger partial charge is 0.492 e. The number of aromatic nitrogens is 1. The zero-order valence-electron chi connectivity index (χ0n) is 18.1. The fourth-order valence-corrected chi connectivity index (χ4v) is 4.79. The number of nitrogens with zero attached hydrogens (tertiary/aromatic N) is 1. The third-order valence-electron chi connectivity index (χ3n) is 4.87. The second kappa shape index (κ2) is 11.5. The Hall–Kier alpha value is -2.09. The van der Waals surface area contributed by atoms with E-state index in [1.54, 1.807) is 18.3 Å². The molecule has 1 aromatic carbocycles. The summed E-state index contributed by atoms with van der Waals surface area (Å²) in [6.07, 6.45) is -0.0981. The summed E-state index contributed by atoms with van der Waals surface area (Å²) in [4.78, 5) is 13.3. The molecule has 2 aromatic heterocycles. The predicted octanol–water partition coefficient (Wildman–Crippen LogP) is 5.88. The van der Waals surface area contributed by atoms with Gasteiger partial charge in [-0.05, 0) is 78.7 Å². The van der Waals surface area contributed by atoms with Gasteiger partial charge in [-0.25, -0.2) is 4.79 Å². The summed E-state index contributed by atoms with van der Waals surface area (Å²) in [5.74, 6) is 0.485. The molecular weight excluding hydrogens is 478 g/mol. The maximum absolute atomic E-state index is 12.0. The average molecular weight is 506 g/mol. The fraction of sp³-hybridized carbons (Fsp3) is 0.375. The van der Waals surface area contributed by atoms with Crippen LogP contribution < -0.4 is 4.74 Å². The van der Waals surface area contributed by atoms with Crippen LogP contribution in [0.1, 0.15) is 25.1 Å². The van der Waals surface area contributed by atoms with E-state index in [0.717, 1.165) is 21.6 Å². The minimum atomic E-state index is -0.579. The van der Waals surface area contributed by atoms with Crippen LogP contribution in [0.4, 0.5) is 0 Å². The molecule has 0 spiro atoms. The Bertz CT molecular complexity index is 980. The number of carbonyl (C=O) groups is 1. The summed E-state index contributed by atoms with van der Waals surface area (Å²) in [5, 5.41) is 0. The molecule has 0 N–H and O–H groups in total. The highest BCUT2D eigenvalue weighted by molar-refractivity contribution is 9.11. The van der Waals surface area contributed by atoms with Crippen molar-refractivity contribution in [1.82, 2.24) is 4.57 Å². The molecule has 0 bridgehead atoms. The monoisotopic (exact) mass is 505 g/mol. The van der Waals surface area contributed by atoms with E-state index in [1.165, 1.54) is 16.3 Å². The molecule has 3 aromatic rings. The number of rotatable bonds is 11. The molecule has 0 aliphatic heterocycles. The van der Waals surface area contributed by atoms with Crippen LogP contribution in [0.15, 0.2) is 52.3 Å². The molecular formula is C24H28BrNO4S. The molecule has 1 atom stereocenters. The van der Waals surface area contributed by atoms with E-state index in [4.69, 9.17) is 14.2 Å². The van der Waals surface area contributed by atoms with Crippen molar-refractivity contribution in [1.29, 1.82) is 0 Å². The Morgan fingerprint density at radius 3 is 2.48 bits per heavy atom. The number of halogens is 1. The first-order valence-corrected chi connectivity index (χ1v) is 12.0. The SMILES string of the molecule is CCOC(=O)C(Cc1ccc(OCCn2c(C)ccc2-c2ccc(Br)s2)cc1)OCC. The van der Waals surface area contributed by atoms with Crippen molar-refractivity contribution in [2.45, 2.75) is 39.8 Å². The number of thiophene rings is 1. The highest BCUT2D eigenvalue weighted by Crippen LogP contribution is 2.32. The van der Waals surface area contributed by atoms with Crippen LogP contribution in [0, 0.1) is 6.92 Å². The topological polar surface area (TPSA) is 49.7 Å². The van der Waals surface area contributed by atoms with E-state index in [1.807, 2.05) is 31.2 Å². The zero-order chi connectivity index (χ0) is 22.2. The first kappa shape index (κ1) is 23.6. The van der Waals surface area contributed by atoms with Crippen LogP contribution in [0.5, 0.6) is 5.75 Å². The van der Waals surface area contributed by atoms with Crippen molar-refractivity contribution in [3.8, 4) is 16.3 Å². The van der Waals surface area contributed by atoms with Gasteiger partial charge >= 0.3 is 5.97 Å². The number of esters is 1. The molecule has 31 heavy (non-hydrogen) atoms. The molecule has 2 heterocycles. The van der Waals surface area contributed by atoms with Gasteiger partial charge in [0.1, 0.15) is 12.4 Å². The highest BCUT2D eigenvalue weighted by Gasteiger charge is 2.20. The van der Waals surface area contributed by atoms with Gasteiger partial charge in [0.05, 0.1) is 27.5 Å². The van der Waals surface area contributed by atoms with Crippen LogP contribution in [-0.2, 0) is 27.2 Å². The smallest absolute Gasteiger partial charge is 0.335 e. The number of ether oxygens (including phenoxy) is 3. The van der Waals surface area contributed by atoms with Gasteiger partial charge in [-0.3, -0.25) is 0 Å². The lowest BCUT2D eigenvalue weighted by Gasteiger charge is -2.16. The summed E-state index contributed by atoms with van der Waals surface area (Å²) in [6, 6.07) is 16.3. The number of hydrogen-bond acceptors (Lipinski definition) is 5. The molecule has 0 aliphatic carbocycles. The second-order valence-corrected chi connectivity index (χ2v) is 9.47. The average Bonchev–Trinajstić information content (AvgIpc) is 3.34. The molecule has 0 amide bonds. The Balaban J connectivity index is 1.57. The van der Waals surface area contributed by atoms with Gasteiger partial charge in [-0.1, -0.05) is 12.1 Å².